The lowest BCUT2D eigenvalue weighted by atomic mass is 9.95. The number of aromatic nitrogens is 3. The second-order valence-corrected chi connectivity index (χ2v) is 9.76. The van der Waals surface area contributed by atoms with Crippen molar-refractivity contribution >= 4 is 63.3 Å². The predicted octanol–water partition coefficient (Wildman–Crippen LogP) is 5.39. The zero-order chi connectivity index (χ0) is 22.7. The number of aromatic carboxylic acids is 1. The van der Waals surface area contributed by atoms with Crippen LogP contribution in [0, 0.1) is 5.92 Å². The molecule has 1 fully saturated rings. The van der Waals surface area contributed by atoms with Crippen molar-refractivity contribution in [2.45, 2.75) is 35.0 Å². The van der Waals surface area contributed by atoms with Gasteiger partial charge in [-0.2, -0.15) is 0 Å². The van der Waals surface area contributed by atoms with Crippen molar-refractivity contribution in [2.75, 3.05) is 10.6 Å². The summed E-state index contributed by atoms with van der Waals surface area (Å²) >= 11 is 8.20. The lowest BCUT2D eigenvalue weighted by molar-refractivity contribution is 0.0687. The average molecular weight is 492 g/mol. The second kappa shape index (κ2) is 9.72. The Kier molecular flexibility index (Phi) is 6.77. The van der Waals surface area contributed by atoms with Gasteiger partial charge < -0.3 is 15.4 Å². The molecule has 32 heavy (non-hydrogen) atoms. The van der Waals surface area contributed by atoms with Gasteiger partial charge in [-0.3, -0.25) is 10.1 Å². The molecule has 0 saturated heterocycles. The van der Waals surface area contributed by atoms with Crippen LogP contribution in [0.3, 0.4) is 0 Å². The minimum Gasteiger partial charge on any atom is -0.476 e. The van der Waals surface area contributed by atoms with E-state index in [1.165, 1.54) is 0 Å². The van der Waals surface area contributed by atoms with Crippen molar-refractivity contribution in [3.63, 3.8) is 0 Å². The Balaban J connectivity index is 1.50. The number of nitrogens with one attached hydrogen (secondary N) is 3. The summed E-state index contributed by atoms with van der Waals surface area (Å²) in [6.45, 7) is 0. The number of nitrogens with zero attached hydrogens (tertiary/aromatic N) is 2. The minimum atomic E-state index is -1.22. The van der Waals surface area contributed by atoms with E-state index in [0.29, 0.717) is 25.6 Å². The number of halogens is 1. The summed E-state index contributed by atoms with van der Waals surface area (Å²) in [5.74, 6) is -1.33. The molecule has 0 atom stereocenters. The van der Waals surface area contributed by atoms with E-state index in [1.54, 1.807) is 30.6 Å². The first-order valence-corrected chi connectivity index (χ1v) is 11.7. The number of carboxylic acids is 1. The smallest absolute Gasteiger partial charge is 0.356 e. The number of benzene rings is 1. The summed E-state index contributed by atoms with van der Waals surface area (Å²) in [5.41, 5.74) is 0.512. The van der Waals surface area contributed by atoms with Crippen LogP contribution in [-0.2, 0) is 0 Å². The number of carbonyl (C=O) groups excluding carboxylic acids is 2. The molecule has 4 N–H and O–H groups in total. The van der Waals surface area contributed by atoms with E-state index in [0.717, 1.165) is 48.8 Å². The fourth-order valence-corrected chi connectivity index (χ4v) is 5.59. The van der Waals surface area contributed by atoms with Crippen molar-refractivity contribution in [3.8, 4) is 0 Å². The number of thiazole rings is 1. The highest BCUT2D eigenvalue weighted by Gasteiger charge is 2.26. The van der Waals surface area contributed by atoms with Gasteiger partial charge in [0.15, 0.2) is 21.8 Å². The van der Waals surface area contributed by atoms with Crippen LogP contribution >= 0.6 is 34.7 Å². The molecular formula is C20H18ClN5O4S2. The molecule has 0 bridgehead atoms. The average Bonchev–Trinajstić information content (AvgIpc) is 3.51. The van der Waals surface area contributed by atoms with Gasteiger partial charge in [0.2, 0.25) is 0 Å². The van der Waals surface area contributed by atoms with Gasteiger partial charge in [0.1, 0.15) is 4.21 Å². The highest BCUT2D eigenvalue weighted by Crippen LogP contribution is 2.36. The normalized spacial score (nSPS) is 13.8. The number of carbonyl (C=O) groups is 3. The van der Waals surface area contributed by atoms with Gasteiger partial charge in [0, 0.05) is 28.9 Å². The van der Waals surface area contributed by atoms with Gasteiger partial charge in [0.25, 0.3) is 0 Å². The van der Waals surface area contributed by atoms with E-state index >= 15 is 0 Å². The van der Waals surface area contributed by atoms with Crippen LogP contribution in [0.2, 0.25) is 5.02 Å². The van der Waals surface area contributed by atoms with Gasteiger partial charge >= 0.3 is 12.0 Å². The second-order valence-electron chi connectivity index (χ2n) is 7.07. The van der Waals surface area contributed by atoms with Crippen molar-refractivity contribution < 1.29 is 19.5 Å². The first-order valence-electron chi connectivity index (χ1n) is 9.74. The van der Waals surface area contributed by atoms with E-state index < -0.39 is 12.0 Å². The number of carboxylic acid groups (broad SMARTS) is 1. The van der Waals surface area contributed by atoms with E-state index in [1.807, 2.05) is 0 Å². The van der Waals surface area contributed by atoms with Gasteiger partial charge in [-0.05, 0) is 42.8 Å². The molecule has 166 valence electrons. The van der Waals surface area contributed by atoms with Crippen LogP contribution in [-0.4, -0.2) is 37.8 Å². The lowest BCUT2D eigenvalue weighted by Crippen LogP contribution is -2.22. The largest absolute Gasteiger partial charge is 0.476 e. The van der Waals surface area contributed by atoms with Gasteiger partial charge in [-0.1, -0.05) is 35.8 Å². The molecule has 2 heterocycles. The molecule has 9 nitrogen and oxygen atoms in total. The summed E-state index contributed by atoms with van der Waals surface area (Å²) in [7, 11) is 0. The lowest BCUT2D eigenvalue weighted by Gasteiger charge is -2.14. The Morgan fingerprint density at radius 3 is 2.69 bits per heavy atom. The fourth-order valence-electron chi connectivity index (χ4n) is 3.45. The number of anilines is 2. The number of amides is 2. The van der Waals surface area contributed by atoms with Crippen LogP contribution in [0.1, 0.15) is 46.5 Å². The number of rotatable bonds is 7. The summed E-state index contributed by atoms with van der Waals surface area (Å²) in [6.07, 6.45) is 6.83. The monoisotopic (exact) mass is 491 g/mol. The molecule has 1 aliphatic carbocycles. The van der Waals surface area contributed by atoms with E-state index in [-0.39, 0.29) is 22.5 Å². The molecule has 2 amide bonds. The third kappa shape index (κ3) is 5.12. The Morgan fingerprint density at radius 1 is 1.22 bits per heavy atom. The maximum Gasteiger partial charge on any atom is 0.356 e. The molecule has 1 saturated carbocycles. The van der Waals surface area contributed by atoms with E-state index in [4.69, 9.17) is 11.6 Å². The van der Waals surface area contributed by atoms with Gasteiger partial charge in [0.05, 0.1) is 5.69 Å². The highest BCUT2D eigenvalue weighted by atomic mass is 35.5. The minimum absolute atomic E-state index is 0.0418. The zero-order valence-corrected chi connectivity index (χ0v) is 18.9. The molecule has 2 aromatic heterocycles. The maximum atomic E-state index is 12.9. The van der Waals surface area contributed by atoms with Gasteiger partial charge in [-0.25, -0.2) is 19.6 Å². The topological polar surface area (TPSA) is 137 Å². The molecule has 0 aliphatic heterocycles. The summed E-state index contributed by atoms with van der Waals surface area (Å²) in [4.78, 5) is 48.0. The number of hydrogen-bond donors (Lipinski definition) is 4. The number of aromatic amines is 1. The molecular weight excluding hydrogens is 474 g/mol. The summed E-state index contributed by atoms with van der Waals surface area (Å²) in [5, 5.41) is 15.6. The van der Waals surface area contributed by atoms with E-state index in [9.17, 15) is 19.5 Å². The number of imidazole rings is 1. The van der Waals surface area contributed by atoms with E-state index in [2.05, 4.69) is 25.6 Å². The standard InChI is InChI=1S/C20H18ClN5O4S2/c21-11-5-6-13(12(9-11)15(27)10-3-1-2-4-10)24-18(30)26-20-25-14(16(28)29)17(32-20)31-19-22-7-8-23-19/h5-10H,1-4H2,(H,22,23)(H,28,29)(H2,24,25,26,30). The summed E-state index contributed by atoms with van der Waals surface area (Å²) < 4.78 is 0.367. The Bertz CT molecular complexity index is 1160. The van der Waals surface area contributed by atoms with Gasteiger partial charge in [-0.15, -0.1) is 0 Å². The van der Waals surface area contributed by atoms with Crippen molar-refractivity contribution in [1.82, 2.24) is 15.0 Å². The van der Waals surface area contributed by atoms with Crippen molar-refractivity contribution in [2.24, 2.45) is 5.92 Å². The predicted molar refractivity (Wildman–Crippen MR) is 122 cm³/mol. The molecule has 0 unspecified atom stereocenters. The van der Waals surface area contributed by atoms with Crippen LogP contribution < -0.4 is 10.6 Å². The molecule has 1 aliphatic rings. The Labute approximate surface area is 196 Å². The highest BCUT2D eigenvalue weighted by molar-refractivity contribution is 8.01. The number of Topliss-reactive ketones (excluding diaryl/α,β-unsaturated/α-hetero) is 1. The quantitative estimate of drug-likeness (QED) is 0.325. The summed E-state index contributed by atoms with van der Waals surface area (Å²) in [6, 6.07) is 4.08. The van der Waals surface area contributed by atoms with Crippen LogP contribution in [0.4, 0.5) is 15.6 Å². The Morgan fingerprint density at radius 2 is 2.00 bits per heavy atom. The SMILES string of the molecule is O=C(Nc1nc(C(=O)O)c(Sc2ncc[nH]2)s1)Nc1ccc(Cl)cc1C(=O)C1CCCC1. The zero-order valence-electron chi connectivity index (χ0n) is 16.6. The molecule has 3 aromatic rings. The van der Waals surface area contributed by atoms with Crippen molar-refractivity contribution in [1.29, 1.82) is 0 Å². The molecule has 0 radical (unpaired) electrons. The van der Waals surface area contributed by atoms with Crippen LogP contribution in [0.25, 0.3) is 0 Å². The van der Waals surface area contributed by atoms with Crippen molar-refractivity contribution in [3.05, 3.63) is 46.9 Å². The molecule has 0 spiro atoms. The number of hydrogen-bond acceptors (Lipinski definition) is 7. The third-order valence-electron chi connectivity index (χ3n) is 4.90. The van der Waals surface area contributed by atoms with Crippen LogP contribution in [0.15, 0.2) is 40.0 Å². The third-order valence-corrected chi connectivity index (χ3v) is 7.20. The first-order chi connectivity index (χ1) is 15.4. The molecule has 1 aromatic carbocycles. The molecule has 4 rings (SSSR count). The maximum absolute atomic E-state index is 12.9. The number of H-pyrrole nitrogens is 1. The number of ketones is 1. The first kappa shape index (κ1) is 22.3. The van der Waals surface area contributed by atoms with Crippen LogP contribution in [0.5, 0.6) is 0 Å². The Hall–Kier alpha value is -2.89. The molecule has 12 heteroatoms. The fraction of sp³-hybridized carbons (Fsp3) is 0.250. The number of urea groups is 1.